The van der Waals surface area contributed by atoms with Gasteiger partial charge in [0.05, 0.1) is 0 Å². The molecule has 8 heteroatoms. The molecule has 1 saturated heterocycles. The van der Waals surface area contributed by atoms with Crippen LogP contribution in [0.15, 0.2) is 30.3 Å². The van der Waals surface area contributed by atoms with Crippen molar-refractivity contribution in [1.82, 2.24) is 15.5 Å². The maximum absolute atomic E-state index is 12.9. The van der Waals surface area contributed by atoms with Gasteiger partial charge < -0.3 is 15.4 Å². The quantitative estimate of drug-likeness (QED) is 0.659. The van der Waals surface area contributed by atoms with E-state index in [9.17, 15) is 14.4 Å². The van der Waals surface area contributed by atoms with Crippen molar-refractivity contribution in [3.8, 4) is 0 Å². The lowest BCUT2D eigenvalue weighted by atomic mass is 10.0. The molecule has 2 N–H and O–H groups in total. The zero-order valence-corrected chi connectivity index (χ0v) is 18.0. The Morgan fingerprint density at radius 3 is 2.55 bits per heavy atom. The van der Waals surface area contributed by atoms with Gasteiger partial charge in [-0.15, -0.1) is 11.6 Å². The summed E-state index contributed by atoms with van der Waals surface area (Å²) in [6, 6.07) is 8.05. The van der Waals surface area contributed by atoms with Crippen LogP contribution in [0.4, 0.5) is 4.79 Å². The third-order valence-corrected chi connectivity index (χ3v) is 4.68. The van der Waals surface area contributed by atoms with E-state index in [1.165, 1.54) is 4.90 Å². The summed E-state index contributed by atoms with van der Waals surface area (Å²) < 4.78 is 5.42. The van der Waals surface area contributed by atoms with Crippen molar-refractivity contribution in [2.24, 2.45) is 0 Å². The van der Waals surface area contributed by atoms with Gasteiger partial charge in [-0.3, -0.25) is 14.5 Å². The number of halogens is 1. The van der Waals surface area contributed by atoms with Gasteiger partial charge >= 0.3 is 6.09 Å². The first-order valence-corrected chi connectivity index (χ1v) is 10.4. The second-order valence-electron chi connectivity index (χ2n) is 8.06. The van der Waals surface area contributed by atoms with Crippen LogP contribution in [0.2, 0.25) is 0 Å². The second kappa shape index (κ2) is 10.5. The van der Waals surface area contributed by atoms with Crippen molar-refractivity contribution in [3.05, 3.63) is 35.9 Å². The molecule has 29 heavy (non-hydrogen) atoms. The number of hydrogen-bond acceptors (Lipinski definition) is 4. The standard InChI is InChI=1S/C21H30ClN3O4/c1-21(2,3)29-20(28)25-13-7-10-17(25)19(27)24-16(18(26)23-12-11-22)14-15-8-5-4-6-9-15/h4-6,8-9,16-17H,7,10-14H2,1-3H3,(H,23,26)(H,24,27). The molecule has 0 radical (unpaired) electrons. The molecule has 160 valence electrons. The number of carbonyl (C=O) groups excluding carboxylic acids is 3. The number of hydrogen-bond donors (Lipinski definition) is 2. The lowest BCUT2D eigenvalue weighted by molar-refractivity contribution is -0.131. The normalized spacial score (nSPS) is 17.5. The molecule has 2 atom stereocenters. The minimum Gasteiger partial charge on any atom is -0.444 e. The molecule has 0 aliphatic carbocycles. The van der Waals surface area contributed by atoms with Crippen LogP contribution >= 0.6 is 11.6 Å². The molecule has 2 unspecified atom stereocenters. The molecule has 1 fully saturated rings. The SMILES string of the molecule is CC(C)(C)OC(=O)N1CCCC1C(=O)NC(Cc1ccccc1)C(=O)NCCCl. The first-order valence-electron chi connectivity index (χ1n) is 9.89. The molecule has 1 aliphatic heterocycles. The molecule has 0 bridgehead atoms. The zero-order chi connectivity index (χ0) is 21.4. The van der Waals surface area contributed by atoms with E-state index >= 15 is 0 Å². The van der Waals surface area contributed by atoms with Crippen molar-refractivity contribution < 1.29 is 19.1 Å². The van der Waals surface area contributed by atoms with E-state index in [0.717, 1.165) is 5.56 Å². The van der Waals surface area contributed by atoms with Crippen LogP contribution < -0.4 is 10.6 Å². The summed E-state index contributed by atoms with van der Waals surface area (Å²) >= 11 is 5.67. The Hall–Kier alpha value is -2.28. The number of benzene rings is 1. The van der Waals surface area contributed by atoms with E-state index in [1.807, 2.05) is 30.3 Å². The monoisotopic (exact) mass is 423 g/mol. The lowest BCUT2D eigenvalue weighted by Gasteiger charge is -2.29. The first-order chi connectivity index (χ1) is 13.7. The number of alkyl halides is 1. The lowest BCUT2D eigenvalue weighted by Crippen LogP contribution is -2.54. The molecule has 1 aromatic rings. The molecule has 1 aromatic carbocycles. The van der Waals surface area contributed by atoms with E-state index in [0.29, 0.717) is 32.4 Å². The number of carbonyl (C=O) groups is 3. The summed E-state index contributed by atoms with van der Waals surface area (Å²) in [5, 5.41) is 5.54. The van der Waals surface area contributed by atoms with Gasteiger partial charge in [-0.25, -0.2) is 4.79 Å². The fraction of sp³-hybridized carbons (Fsp3) is 0.571. The maximum atomic E-state index is 12.9. The smallest absolute Gasteiger partial charge is 0.410 e. The molecule has 3 amide bonds. The van der Waals surface area contributed by atoms with E-state index < -0.39 is 23.8 Å². The van der Waals surface area contributed by atoms with E-state index in [4.69, 9.17) is 16.3 Å². The predicted octanol–water partition coefficient (Wildman–Crippen LogP) is 2.47. The highest BCUT2D eigenvalue weighted by Gasteiger charge is 2.37. The van der Waals surface area contributed by atoms with Gasteiger partial charge in [-0.05, 0) is 39.2 Å². The minimum absolute atomic E-state index is 0.285. The van der Waals surface area contributed by atoms with Crippen molar-refractivity contribution in [3.63, 3.8) is 0 Å². The number of ether oxygens (including phenoxy) is 1. The van der Waals surface area contributed by atoms with Crippen LogP contribution in [0.5, 0.6) is 0 Å². The summed E-state index contributed by atoms with van der Waals surface area (Å²) in [6.07, 6.45) is 1.08. The molecule has 1 heterocycles. The number of likely N-dealkylation sites (tertiary alicyclic amines) is 1. The summed E-state index contributed by atoms with van der Waals surface area (Å²) in [6.45, 7) is 6.12. The Bertz CT molecular complexity index is 706. The zero-order valence-electron chi connectivity index (χ0n) is 17.2. The highest BCUT2D eigenvalue weighted by molar-refractivity contribution is 6.18. The maximum Gasteiger partial charge on any atom is 0.410 e. The summed E-state index contributed by atoms with van der Waals surface area (Å²) in [7, 11) is 0. The Morgan fingerprint density at radius 1 is 1.24 bits per heavy atom. The molecular weight excluding hydrogens is 394 g/mol. The Balaban J connectivity index is 2.08. The van der Waals surface area contributed by atoms with Gasteiger partial charge in [0.25, 0.3) is 0 Å². The second-order valence-corrected chi connectivity index (χ2v) is 8.44. The molecule has 1 aliphatic rings. The Labute approximate surface area is 177 Å². The van der Waals surface area contributed by atoms with Gasteiger partial charge in [0.1, 0.15) is 17.7 Å². The summed E-state index contributed by atoms with van der Waals surface area (Å²) in [5.74, 6) is -0.368. The predicted molar refractivity (Wildman–Crippen MR) is 112 cm³/mol. The Kier molecular flexibility index (Phi) is 8.32. The first kappa shape index (κ1) is 23.0. The van der Waals surface area contributed by atoms with Gasteiger partial charge in [0, 0.05) is 25.4 Å². The van der Waals surface area contributed by atoms with Crippen LogP contribution in [0.1, 0.15) is 39.2 Å². The fourth-order valence-electron chi connectivity index (χ4n) is 3.20. The van der Waals surface area contributed by atoms with E-state index in [2.05, 4.69) is 10.6 Å². The van der Waals surface area contributed by atoms with Crippen LogP contribution in [0, 0.1) is 0 Å². The van der Waals surface area contributed by atoms with Gasteiger partial charge in [0.15, 0.2) is 0 Å². The number of amides is 3. The average Bonchev–Trinajstić information content (AvgIpc) is 3.15. The summed E-state index contributed by atoms with van der Waals surface area (Å²) in [4.78, 5) is 39.4. The molecular formula is C21H30ClN3O4. The van der Waals surface area contributed by atoms with E-state index in [-0.39, 0.29) is 17.7 Å². The molecule has 2 rings (SSSR count). The van der Waals surface area contributed by atoms with Crippen molar-refractivity contribution >= 4 is 29.5 Å². The highest BCUT2D eigenvalue weighted by Crippen LogP contribution is 2.21. The minimum atomic E-state index is -0.755. The van der Waals surface area contributed by atoms with Crippen LogP contribution in [0.3, 0.4) is 0 Å². The largest absolute Gasteiger partial charge is 0.444 e. The van der Waals surface area contributed by atoms with Gasteiger partial charge in [-0.2, -0.15) is 0 Å². The molecule has 0 aromatic heterocycles. The molecule has 0 saturated carbocycles. The fourth-order valence-corrected chi connectivity index (χ4v) is 3.29. The van der Waals surface area contributed by atoms with Gasteiger partial charge in [-0.1, -0.05) is 30.3 Å². The van der Waals surface area contributed by atoms with Gasteiger partial charge in [0.2, 0.25) is 11.8 Å². The molecule has 7 nitrogen and oxygen atoms in total. The van der Waals surface area contributed by atoms with Crippen molar-refractivity contribution in [2.45, 2.75) is 57.7 Å². The molecule has 0 spiro atoms. The number of nitrogens with one attached hydrogen (secondary N) is 2. The third-order valence-electron chi connectivity index (χ3n) is 4.49. The summed E-state index contributed by atoms with van der Waals surface area (Å²) in [5.41, 5.74) is 0.284. The van der Waals surface area contributed by atoms with E-state index in [1.54, 1.807) is 20.8 Å². The topological polar surface area (TPSA) is 87.7 Å². The highest BCUT2D eigenvalue weighted by atomic mass is 35.5. The van der Waals surface area contributed by atoms with Crippen LogP contribution in [-0.2, 0) is 20.7 Å². The average molecular weight is 424 g/mol. The number of nitrogens with zero attached hydrogens (tertiary/aromatic N) is 1. The third kappa shape index (κ3) is 7.24. The van der Waals surface area contributed by atoms with Crippen LogP contribution in [-0.4, -0.2) is 59.5 Å². The van der Waals surface area contributed by atoms with Crippen molar-refractivity contribution in [2.75, 3.05) is 19.0 Å². The number of rotatable bonds is 7. The Morgan fingerprint density at radius 2 is 1.93 bits per heavy atom. The van der Waals surface area contributed by atoms with Crippen molar-refractivity contribution in [1.29, 1.82) is 0 Å². The van der Waals surface area contributed by atoms with Crippen LogP contribution in [0.25, 0.3) is 0 Å².